The number of benzene rings is 2. The number of amides is 1. The lowest BCUT2D eigenvalue weighted by molar-refractivity contribution is -0.120. The average molecular weight is 420 g/mol. The van der Waals surface area contributed by atoms with E-state index in [4.69, 9.17) is 9.47 Å². The molecule has 31 heavy (non-hydrogen) atoms. The maximum absolute atomic E-state index is 13.1. The molecule has 1 N–H and O–H groups in total. The monoisotopic (exact) mass is 420 g/mol. The molecule has 2 aliphatic rings. The summed E-state index contributed by atoms with van der Waals surface area (Å²) in [6.07, 6.45) is 5.14. The predicted octanol–water partition coefficient (Wildman–Crippen LogP) is 3.87. The Kier molecular flexibility index (Phi) is 5.11. The van der Waals surface area contributed by atoms with Gasteiger partial charge >= 0.3 is 0 Å². The van der Waals surface area contributed by atoms with Gasteiger partial charge in [0.25, 0.3) is 0 Å². The first-order chi connectivity index (χ1) is 15.2. The van der Waals surface area contributed by atoms with Crippen molar-refractivity contribution in [3.63, 3.8) is 0 Å². The Hall–Kier alpha value is -3.68. The number of fused-ring (bicyclic) bond motifs is 1. The SMILES string of the molecule is O=C(Nc1ccc2c(c1)OCO2)[C@@H]1CCCN(c2ncc(-c3ccc(F)cc3)cn2)C1. The zero-order valence-electron chi connectivity index (χ0n) is 16.8. The molecule has 0 bridgehead atoms. The van der Waals surface area contributed by atoms with E-state index in [1.54, 1.807) is 36.7 Å². The molecule has 2 aromatic carbocycles. The highest BCUT2D eigenvalue weighted by atomic mass is 19.1. The van der Waals surface area contributed by atoms with Crippen LogP contribution in [0.2, 0.25) is 0 Å². The molecule has 1 saturated heterocycles. The zero-order valence-corrected chi connectivity index (χ0v) is 16.8. The highest BCUT2D eigenvalue weighted by Crippen LogP contribution is 2.34. The third-order valence-electron chi connectivity index (χ3n) is 5.53. The largest absolute Gasteiger partial charge is 0.454 e. The molecule has 0 spiro atoms. The third kappa shape index (κ3) is 4.14. The van der Waals surface area contributed by atoms with Crippen molar-refractivity contribution in [2.75, 3.05) is 30.1 Å². The van der Waals surface area contributed by atoms with Gasteiger partial charge in [-0.1, -0.05) is 12.1 Å². The van der Waals surface area contributed by atoms with E-state index in [0.29, 0.717) is 29.7 Å². The molecule has 0 radical (unpaired) electrons. The number of hydrogen-bond acceptors (Lipinski definition) is 6. The minimum Gasteiger partial charge on any atom is -0.454 e. The number of ether oxygens (including phenoxy) is 2. The number of piperidine rings is 1. The quantitative estimate of drug-likeness (QED) is 0.691. The van der Waals surface area contributed by atoms with Crippen molar-refractivity contribution in [2.24, 2.45) is 5.92 Å². The van der Waals surface area contributed by atoms with Gasteiger partial charge in [-0.05, 0) is 42.7 Å². The Morgan fingerprint density at radius 1 is 1.03 bits per heavy atom. The van der Waals surface area contributed by atoms with Crippen LogP contribution in [0.1, 0.15) is 12.8 Å². The lowest BCUT2D eigenvalue weighted by Gasteiger charge is -2.32. The standard InChI is InChI=1S/C23H21FN4O3/c24-18-5-3-15(4-6-18)17-11-25-23(26-12-17)28-9-1-2-16(13-28)22(29)27-19-7-8-20-21(10-19)31-14-30-20/h3-8,10-12,16H,1-2,9,13-14H2,(H,27,29)/t16-/m1/s1. The van der Waals surface area contributed by atoms with Gasteiger partial charge < -0.3 is 19.7 Å². The van der Waals surface area contributed by atoms with Gasteiger partial charge in [0.1, 0.15) is 5.82 Å². The summed E-state index contributed by atoms with van der Waals surface area (Å²) in [5, 5.41) is 2.98. The summed E-state index contributed by atoms with van der Waals surface area (Å²) in [5.74, 6) is 1.43. The number of nitrogens with one attached hydrogen (secondary N) is 1. The Bertz CT molecular complexity index is 1090. The zero-order chi connectivity index (χ0) is 21.2. The molecule has 158 valence electrons. The molecule has 3 aromatic rings. The molecule has 8 heteroatoms. The number of halogens is 1. The summed E-state index contributed by atoms with van der Waals surface area (Å²) in [4.78, 5) is 23.8. The third-order valence-corrected chi connectivity index (χ3v) is 5.53. The van der Waals surface area contributed by atoms with Gasteiger partial charge in [0, 0.05) is 42.8 Å². The lowest BCUT2D eigenvalue weighted by Crippen LogP contribution is -2.41. The molecule has 1 amide bonds. The fourth-order valence-corrected chi connectivity index (χ4v) is 3.87. The van der Waals surface area contributed by atoms with Crippen molar-refractivity contribution in [2.45, 2.75) is 12.8 Å². The fourth-order valence-electron chi connectivity index (χ4n) is 3.87. The van der Waals surface area contributed by atoms with Gasteiger partial charge in [0.05, 0.1) is 5.92 Å². The van der Waals surface area contributed by atoms with Gasteiger partial charge in [-0.3, -0.25) is 4.79 Å². The van der Waals surface area contributed by atoms with Crippen LogP contribution in [0.4, 0.5) is 16.0 Å². The Labute approximate surface area is 178 Å². The molecule has 7 nitrogen and oxygen atoms in total. The van der Waals surface area contributed by atoms with Crippen molar-refractivity contribution < 1.29 is 18.7 Å². The first-order valence-electron chi connectivity index (χ1n) is 10.2. The molecule has 1 fully saturated rings. The van der Waals surface area contributed by atoms with Gasteiger partial charge in [-0.2, -0.15) is 0 Å². The van der Waals surface area contributed by atoms with Crippen molar-refractivity contribution in [3.8, 4) is 22.6 Å². The molecule has 0 saturated carbocycles. The maximum Gasteiger partial charge on any atom is 0.231 e. The molecule has 0 aliphatic carbocycles. The summed E-state index contributed by atoms with van der Waals surface area (Å²) in [6.45, 7) is 1.54. The summed E-state index contributed by atoms with van der Waals surface area (Å²) in [6, 6.07) is 11.6. The first kappa shape index (κ1) is 19.3. The van der Waals surface area contributed by atoms with Crippen molar-refractivity contribution in [1.82, 2.24) is 9.97 Å². The number of carbonyl (C=O) groups excluding carboxylic acids is 1. The van der Waals surface area contributed by atoms with Crippen LogP contribution in [0.15, 0.2) is 54.9 Å². The van der Waals surface area contributed by atoms with Crippen LogP contribution < -0.4 is 19.7 Å². The smallest absolute Gasteiger partial charge is 0.231 e. The van der Waals surface area contributed by atoms with Crippen LogP contribution in [0.5, 0.6) is 11.5 Å². The fraction of sp³-hybridized carbons (Fsp3) is 0.261. The molecular weight excluding hydrogens is 399 g/mol. The average Bonchev–Trinajstić information content (AvgIpc) is 3.28. The van der Waals surface area contributed by atoms with Crippen molar-refractivity contribution in [1.29, 1.82) is 0 Å². The van der Waals surface area contributed by atoms with E-state index in [0.717, 1.165) is 30.5 Å². The van der Waals surface area contributed by atoms with E-state index in [-0.39, 0.29) is 24.4 Å². The summed E-state index contributed by atoms with van der Waals surface area (Å²) in [7, 11) is 0. The highest BCUT2D eigenvalue weighted by molar-refractivity contribution is 5.93. The molecule has 1 aromatic heterocycles. The Morgan fingerprint density at radius 3 is 2.61 bits per heavy atom. The van der Waals surface area contributed by atoms with E-state index in [1.807, 2.05) is 11.0 Å². The topological polar surface area (TPSA) is 76.6 Å². The first-order valence-corrected chi connectivity index (χ1v) is 10.2. The lowest BCUT2D eigenvalue weighted by atomic mass is 9.97. The van der Waals surface area contributed by atoms with Crippen molar-refractivity contribution in [3.05, 3.63) is 60.7 Å². The number of aromatic nitrogens is 2. The van der Waals surface area contributed by atoms with Crippen LogP contribution in [-0.2, 0) is 4.79 Å². The van der Waals surface area contributed by atoms with E-state index < -0.39 is 0 Å². The minimum atomic E-state index is -0.278. The number of rotatable bonds is 4. The van der Waals surface area contributed by atoms with E-state index in [2.05, 4.69) is 15.3 Å². The number of hydrogen-bond donors (Lipinski definition) is 1. The highest BCUT2D eigenvalue weighted by Gasteiger charge is 2.27. The molecule has 1 atom stereocenters. The second-order valence-electron chi connectivity index (χ2n) is 7.62. The van der Waals surface area contributed by atoms with Crippen LogP contribution >= 0.6 is 0 Å². The van der Waals surface area contributed by atoms with Gasteiger partial charge in [0.15, 0.2) is 11.5 Å². The summed E-state index contributed by atoms with van der Waals surface area (Å²) >= 11 is 0. The summed E-state index contributed by atoms with van der Waals surface area (Å²) < 4.78 is 23.8. The second kappa shape index (κ2) is 8.22. The van der Waals surface area contributed by atoms with E-state index in [1.165, 1.54) is 12.1 Å². The van der Waals surface area contributed by atoms with Crippen LogP contribution in [0, 0.1) is 11.7 Å². The van der Waals surface area contributed by atoms with Crippen LogP contribution in [0.3, 0.4) is 0 Å². The van der Waals surface area contributed by atoms with Gasteiger partial charge in [0.2, 0.25) is 18.6 Å². The molecule has 5 rings (SSSR count). The molecular formula is C23H21FN4O3. The van der Waals surface area contributed by atoms with Gasteiger partial charge in [-0.25, -0.2) is 14.4 Å². The Morgan fingerprint density at radius 2 is 1.81 bits per heavy atom. The number of nitrogens with zero attached hydrogens (tertiary/aromatic N) is 3. The second-order valence-corrected chi connectivity index (χ2v) is 7.62. The minimum absolute atomic E-state index is 0.0357. The van der Waals surface area contributed by atoms with Gasteiger partial charge in [-0.15, -0.1) is 0 Å². The van der Waals surface area contributed by atoms with Crippen LogP contribution in [0.25, 0.3) is 11.1 Å². The van der Waals surface area contributed by atoms with Crippen molar-refractivity contribution >= 4 is 17.5 Å². The molecule has 2 aliphatic heterocycles. The molecule has 0 unspecified atom stereocenters. The summed E-state index contributed by atoms with van der Waals surface area (Å²) in [5.41, 5.74) is 2.36. The predicted molar refractivity (Wildman–Crippen MR) is 114 cm³/mol. The number of anilines is 2. The van der Waals surface area contributed by atoms with E-state index in [9.17, 15) is 9.18 Å². The molecule has 3 heterocycles. The normalized spacial score (nSPS) is 17.5. The maximum atomic E-state index is 13.1. The van der Waals surface area contributed by atoms with Crippen LogP contribution in [-0.4, -0.2) is 35.8 Å². The number of carbonyl (C=O) groups is 1. The van der Waals surface area contributed by atoms with E-state index >= 15 is 0 Å². The Balaban J connectivity index is 1.24.